The maximum atomic E-state index is 6.04. The summed E-state index contributed by atoms with van der Waals surface area (Å²) in [4.78, 5) is 0. The predicted octanol–water partition coefficient (Wildman–Crippen LogP) is 4.26. The molecule has 1 aromatic rings. The number of rotatable bonds is 5. The lowest BCUT2D eigenvalue weighted by Crippen LogP contribution is -2.14. The average Bonchev–Trinajstić information content (AvgIpc) is 2.23. The van der Waals surface area contributed by atoms with Gasteiger partial charge in [0.2, 0.25) is 0 Å². The van der Waals surface area contributed by atoms with Gasteiger partial charge in [0.05, 0.1) is 16.1 Å². The van der Waals surface area contributed by atoms with Gasteiger partial charge in [0, 0.05) is 10.5 Å². The van der Waals surface area contributed by atoms with Crippen LogP contribution in [0.5, 0.6) is 5.75 Å². The lowest BCUT2D eigenvalue weighted by molar-refractivity contribution is 0.209. The van der Waals surface area contributed by atoms with Crippen molar-refractivity contribution in [3.8, 4) is 5.75 Å². The molecular weight excluding hydrogens is 313 g/mol. The SMILES string of the molecule is CC(CCCN)Oc1cc(Cl)c(Br)cc1Cl. The van der Waals surface area contributed by atoms with Crippen molar-refractivity contribution < 1.29 is 4.74 Å². The number of hydrogen-bond donors (Lipinski definition) is 1. The second-order valence-corrected chi connectivity index (χ2v) is 5.22. The Morgan fingerprint density at radius 3 is 2.69 bits per heavy atom. The van der Waals surface area contributed by atoms with Crippen LogP contribution in [-0.4, -0.2) is 12.6 Å². The van der Waals surface area contributed by atoms with Crippen LogP contribution in [0.25, 0.3) is 0 Å². The first-order chi connectivity index (χ1) is 7.54. The first-order valence-corrected chi connectivity index (χ1v) is 6.60. The van der Waals surface area contributed by atoms with Crippen molar-refractivity contribution in [3.63, 3.8) is 0 Å². The zero-order chi connectivity index (χ0) is 12.1. The van der Waals surface area contributed by atoms with E-state index in [0.717, 1.165) is 17.3 Å². The van der Waals surface area contributed by atoms with Crippen molar-refractivity contribution in [3.05, 3.63) is 26.7 Å². The van der Waals surface area contributed by atoms with Gasteiger partial charge in [-0.25, -0.2) is 0 Å². The van der Waals surface area contributed by atoms with Gasteiger partial charge in [-0.05, 0) is 48.3 Å². The second-order valence-electron chi connectivity index (χ2n) is 3.56. The Labute approximate surface area is 114 Å². The molecule has 0 spiro atoms. The Hall–Kier alpha value is 0.0400. The Morgan fingerprint density at radius 1 is 1.38 bits per heavy atom. The zero-order valence-corrected chi connectivity index (χ0v) is 12.1. The van der Waals surface area contributed by atoms with Gasteiger partial charge in [-0.15, -0.1) is 0 Å². The molecule has 0 saturated carbocycles. The summed E-state index contributed by atoms with van der Waals surface area (Å²) in [5.41, 5.74) is 5.44. The van der Waals surface area contributed by atoms with E-state index in [1.54, 1.807) is 12.1 Å². The van der Waals surface area contributed by atoms with Crippen LogP contribution in [0.15, 0.2) is 16.6 Å². The van der Waals surface area contributed by atoms with Gasteiger partial charge in [0.15, 0.2) is 0 Å². The summed E-state index contributed by atoms with van der Waals surface area (Å²) in [6, 6.07) is 3.45. The molecule has 0 radical (unpaired) electrons. The molecule has 0 fully saturated rings. The summed E-state index contributed by atoms with van der Waals surface area (Å²) in [5, 5.41) is 1.14. The molecule has 1 rings (SSSR count). The highest BCUT2D eigenvalue weighted by Gasteiger charge is 2.10. The van der Waals surface area contributed by atoms with Crippen LogP contribution in [-0.2, 0) is 0 Å². The third-order valence-electron chi connectivity index (χ3n) is 2.12. The van der Waals surface area contributed by atoms with E-state index in [-0.39, 0.29) is 6.10 Å². The van der Waals surface area contributed by atoms with Crippen LogP contribution in [0.1, 0.15) is 19.8 Å². The van der Waals surface area contributed by atoms with Crippen molar-refractivity contribution >= 4 is 39.1 Å². The number of nitrogens with two attached hydrogens (primary N) is 1. The molecule has 0 saturated heterocycles. The molecule has 0 aliphatic carbocycles. The fourth-order valence-corrected chi connectivity index (χ4v) is 2.11. The molecule has 5 heteroatoms. The number of halogens is 3. The average molecular weight is 327 g/mol. The van der Waals surface area contributed by atoms with Gasteiger partial charge >= 0.3 is 0 Å². The molecule has 0 amide bonds. The quantitative estimate of drug-likeness (QED) is 0.820. The summed E-state index contributed by atoms with van der Waals surface area (Å²) in [5.74, 6) is 0.611. The maximum absolute atomic E-state index is 6.04. The summed E-state index contributed by atoms with van der Waals surface area (Å²) >= 11 is 15.3. The van der Waals surface area contributed by atoms with Gasteiger partial charge in [-0.3, -0.25) is 0 Å². The van der Waals surface area contributed by atoms with Gasteiger partial charge in [-0.2, -0.15) is 0 Å². The van der Waals surface area contributed by atoms with E-state index in [1.807, 2.05) is 6.92 Å². The summed E-state index contributed by atoms with van der Waals surface area (Å²) < 4.78 is 6.46. The topological polar surface area (TPSA) is 35.2 Å². The molecule has 0 bridgehead atoms. The highest BCUT2D eigenvalue weighted by Crippen LogP contribution is 2.34. The molecule has 0 heterocycles. The first-order valence-electron chi connectivity index (χ1n) is 5.06. The third-order valence-corrected chi connectivity index (χ3v) is 3.61. The molecule has 1 atom stereocenters. The van der Waals surface area contributed by atoms with Crippen molar-refractivity contribution in [2.24, 2.45) is 5.73 Å². The van der Waals surface area contributed by atoms with Crippen LogP contribution in [0, 0.1) is 0 Å². The maximum Gasteiger partial charge on any atom is 0.139 e. The zero-order valence-electron chi connectivity index (χ0n) is 8.97. The Bertz CT molecular complexity index is 360. The second kappa shape index (κ2) is 6.70. The van der Waals surface area contributed by atoms with E-state index in [1.165, 1.54) is 0 Å². The van der Waals surface area contributed by atoms with E-state index in [9.17, 15) is 0 Å². The molecular formula is C11H14BrCl2NO. The van der Waals surface area contributed by atoms with E-state index >= 15 is 0 Å². The molecule has 0 aliphatic rings. The van der Waals surface area contributed by atoms with E-state index in [4.69, 9.17) is 33.7 Å². The summed E-state index contributed by atoms with van der Waals surface area (Å²) in [7, 11) is 0. The minimum atomic E-state index is 0.0818. The smallest absolute Gasteiger partial charge is 0.139 e. The van der Waals surface area contributed by atoms with Gasteiger partial charge in [0.1, 0.15) is 5.75 Å². The van der Waals surface area contributed by atoms with Crippen LogP contribution in [0.2, 0.25) is 10.0 Å². The number of benzene rings is 1. The van der Waals surface area contributed by atoms with Crippen molar-refractivity contribution in [1.82, 2.24) is 0 Å². The fraction of sp³-hybridized carbons (Fsp3) is 0.455. The van der Waals surface area contributed by atoms with E-state index < -0.39 is 0 Å². The van der Waals surface area contributed by atoms with E-state index in [2.05, 4.69) is 15.9 Å². The predicted molar refractivity (Wildman–Crippen MR) is 72.5 cm³/mol. The lowest BCUT2D eigenvalue weighted by atomic mass is 10.2. The Kier molecular flexibility index (Phi) is 5.90. The molecule has 0 aromatic heterocycles. The largest absolute Gasteiger partial charge is 0.489 e. The monoisotopic (exact) mass is 325 g/mol. The Balaban J connectivity index is 2.69. The molecule has 1 unspecified atom stereocenters. The summed E-state index contributed by atoms with van der Waals surface area (Å²) in [6.07, 6.45) is 1.92. The molecule has 2 nitrogen and oxygen atoms in total. The fourth-order valence-electron chi connectivity index (χ4n) is 1.28. The molecule has 0 aliphatic heterocycles. The highest BCUT2D eigenvalue weighted by molar-refractivity contribution is 9.10. The minimum Gasteiger partial charge on any atom is -0.489 e. The van der Waals surface area contributed by atoms with Crippen molar-refractivity contribution in [1.29, 1.82) is 0 Å². The highest BCUT2D eigenvalue weighted by atomic mass is 79.9. The number of ether oxygens (including phenoxy) is 1. The van der Waals surface area contributed by atoms with Crippen LogP contribution < -0.4 is 10.5 Å². The van der Waals surface area contributed by atoms with E-state index in [0.29, 0.717) is 22.3 Å². The normalized spacial score (nSPS) is 12.6. The van der Waals surface area contributed by atoms with Crippen LogP contribution in [0.4, 0.5) is 0 Å². The van der Waals surface area contributed by atoms with Crippen LogP contribution in [0.3, 0.4) is 0 Å². The van der Waals surface area contributed by atoms with Crippen molar-refractivity contribution in [2.75, 3.05) is 6.54 Å². The Morgan fingerprint density at radius 2 is 2.06 bits per heavy atom. The van der Waals surface area contributed by atoms with Gasteiger partial charge in [0.25, 0.3) is 0 Å². The molecule has 16 heavy (non-hydrogen) atoms. The molecule has 1 aromatic carbocycles. The molecule has 2 N–H and O–H groups in total. The van der Waals surface area contributed by atoms with Gasteiger partial charge < -0.3 is 10.5 Å². The van der Waals surface area contributed by atoms with Gasteiger partial charge in [-0.1, -0.05) is 23.2 Å². The summed E-state index contributed by atoms with van der Waals surface area (Å²) in [6.45, 7) is 2.66. The van der Waals surface area contributed by atoms with Crippen LogP contribution >= 0.6 is 39.1 Å². The lowest BCUT2D eigenvalue weighted by Gasteiger charge is -2.16. The third kappa shape index (κ3) is 4.13. The standard InChI is InChI=1S/C11H14BrCl2NO/c1-7(3-2-4-15)16-11-6-9(13)8(12)5-10(11)14/h5-7H,2-4,15H2,1H3. The van der Waals surface area contributed by atoms with Crippen molar-refractivity contribution in [2.45, 2.75) is 25.9 Å². The first kappa shape index (κ1) is 14.1. The minimum absolute atomic E-state index is 0.0818. The molecule has 90 valence electrons. The number of hydrogen-bond acceptors (Lipinski definition) is 2.